The van der Waals surface area contributed by atoms with E-state index in [1.165, 1.54) is 18.5 Å². The third-order valence-electron chi connectivity index (χ3n) is 5.34. The summed E-state index contributed by atoms with van der Waals surface area (Å²) in [6.45, 7) is 0.196. The zero-order chi connectivity index (χ0) is 23.5. The Balaban J connectivity index is 1.35. The predicted molar refractivity (Wildman–Crippen MR) is 130 cm³/mol. The fourth-order valence-corrected chi connectivity index (χ4v) is 3.62. The molecule has 5 nitrogen and oxygen atoms in total. The predicted octanol–water partition coefficient (Wildman–Crippen LogP) is 6.34. The topological polar surface area (TPSA) is 64.1 Å². The Morgan fingerprint density at radius 1 is 1.12 bits per heavy atom. The zero-order valence-electron chi connectivity index (χ0n) is 18.0. The number of nitrogens with zero attached hydrogens (tertiary/aromatic N) is 2. The SMILES string of the molecule is O=C(C#CC1CC1)c1ccc2ncnc(Nc3ccc(OCc4cccc(F)c4)c(Cl)c3)c2c1. The molecule has 1 aliphatic carbocycles. The number of carbonyl (C=O) groups is 1. The standard InChI is InChI=1S/C27H19ClFN3O2/c28-23-14-21(8-11-26(23)34-15-18-2-1-3-20(29)12-18)32-27-22-13-19(7-9-24(22)30-16-31-27)25(33)10-6-17-4-5-17/h1-3,7-9,11-14,16-17H,4-5,15H2,(H,30,31,32). The number of hydrogen-bond acceptors (Lipinski definition) is 5. The van der Waals surface area contributed by atoms with E-state index in [4.69, 9.17) is 16.3 Å². The number of fused-ring (bicyclic) bond motifs is 1. The summed E-state index contributed by atoms with van der Waals surface area (Å²) < 4.78 is 19.1. The van der Waals surface area contributed by atoms with Gasteiger partial charge in [-0.15, -0.1) is 0 Å². The van der Waals surface area contributed by atoms with Gasteiger partial charge < -0.3 is 10.1 Å². The number of halogens is 2. The van der Waals surface area contributed by atoms with E-state index >= 15 is 0 Å². The molecule has 0 bridgehead atoms. The smallest absolute Gasteiger partial charge is 0.235 e. The number of hydrogen-bond donors (Lipinski definition) is 1. The van der Waals surface area contributed by atoms with Gasteiger partial charge in [-0.2, -0.15) is 0 Å². The van der Waals surface area contributed by atoms with Gasteiger partial charge in [0.05, 0.1) is 10.5 Å². The Morgan fingerprint density at radius 2 is 2.00 bits per heavy atom. The number of aromatic nitrogens is 2. The second-order valence-corrected chi connectivity index (χ2v) is 8.42. The molecular weight excluding hydrogens is 453 g/mol. The van der Waals surface area contributed by atoms with E-state index in [-0.39, 0.29) is 18.2 Å². The van der Waals surface area contributed by atoms with Crippen molar-refractivity contribution in [2.75, 3.05) is 5.32 Å². The van der Waals surface area contributed by atoms with Crippen LogP contribution in [-0.4, -0.2) is 15.8 Å². The number of nitrogens with one attached hydrogen (secondary N) is 1. The minimum absolute atomic E-state index is 0.196. The summed E-state index contributed by atoms with van der Waals surface area (Å²) in [4.78, 5) is 21.1. The minimum atomic E-state index is -0.316. The van der Waals surface area contributed by atoms with Crippen molar-refractivity contribution in [2.45, 2.75) is 19.4 Å². The van der Waals surface area contributed by atoms with E-state index in [1.54, 1.807) is 48.5 Å². The van der Waals surface area contributed by atoms with Crippen LogP contribution >= 0.6 is 11.6 Å². The van der Waals surface area contributed by atoms with Crippen molar-refractivity contribution in [3.8, 4) is 17.6 Å². The highest BCUT2D eigenvalue weighted by Crippen LogP contribution is 2.31. The maximum atomic E-state index is 13.4. The number of ketones is 1. The summed E-state index contributed by atoms with van der Waals surface area (Å²) >= 11 is 6.41. The maximum Gasteiger partial charge on any atom is 0.235 e. The first-order chi connectivity index (χ1) is 16.5. The van der Waals surface area contributed by atoms with Gasteiger partial charge in [0.1, 0.15) is 30.3 Å². The number of ether oxygens (including phenoxy) is 1. The Morgan fingerprint density at radius 3 is 2.79 bits per heavy atom. The molecule has 0 atom stereocenters. The lowest BCUT2D eigenvalue weighted by molar-refractivity contribution is 0.105. The molecule has 7 heteroatoms. The third-order valence-corrected chi connectivity index (χ3v) is 5.64. The highest BCUT2D eigenvalue weighted by molar-refractivity contribution is 6.32. The van der Waals surface area contributed by atoms with E-state index in [1.807, 2.05) is 0 Å². The van der Waals surface area contributed by atoms with Gasteiger partial charge >= 0.3 is 0 Å². The molecule has 3 aromatic carbocycles. The summed E-state index contributed by atoms with van der Waals surface area (Å²) in [5.41, 5.74) is 2.59. The van der Waals surface area contributed by atoms with E-state index in [0.717, 1.165) is 12.8 Å². The van der Waals surface area contributed by atoms with Crippen molar-refractivity contribution < 1.29 is 13.9 Å². The second kappa shape index (κ2) is 9.50. The van der Waals surface area contributed by atoms with Gasteiger partial charge in [0.2, 0.25) is 5.78 Å². The van der Waals surface area contributed by atoms with Crippen molar-refractivity contribution in [3.63, 3.8) is 0 Å². The zero-order valence-corrected chi connectivity index (χ0v) is 18.8. The highest BCUT2D eigenvalue weighted by Gasteiger charge is 2.18. The van der Waals surface area contributed by atoms with Gasteiger partial charge in [-0.25, -0.2) is 14.4 Å². The molecule has 34 heavy (non-hydrogen) atoms. The second-order valence-electron chi connectivity index (χ2n) is 8.02. The third kappa shape index (κ3) is 5.16. The molecule has 1 aromatic heterocycles. The molecule has 0 aliphatic heterocycles. The first kappa shape index (κ1) is 21.9. The molecule has 4 aromatic rings. The van der Waals surface area contributed by atoms with Crippen LogP contribution < -0.4 is 10.1 Å². The highest BCUT2D eigenvalue weighted by atomic mass is 35.5. The van der Waals surface area contributed by atoms with E-state index in [9.17, 15) is 9.18 Å². The van der Waals surface area contributed by atoms with Gasteiger partial charge in [-0.05, 0) is 72.9 Å². The van der Waals surface area contributed by atoms with Gasteiger partial charge in [0, 0.05) is 22.6 Å². The van der Waals surface area contributed by atoms with Gasteiger partial charge in [-0.1, -0.05) is 29.7 Å². The molecule has 0 spiro atoms. The number of Topliss-reactive ketones (excluding diaryl/α,β-unsaturated/α-hetero) is 1. The van der Waals surface area contributed by atoms with Gasteiger partial charge in [0.25, 0.3) is 0 Å². The fraction of sp³-hybridized carbons (Fsp3) is 0.148. The molecule has 1 fully saturated rings. The van der Waals surface area contributed by atoms with Crippen LogP contribution in [-0.2, 0) is 6.61 Å². The summed E-state index contributed by atoms with van der Waals surface area (Å²) in [5.74, 6) is 6.58. The lowest BCUT2D eigenvalue weighted by Crippen LogP contribution is -2.00. The average Bonchev–Trinajstić information content (AvgIpc) is 3.67. The lowest BCUT2D eigenvalue weighted by atomic mass is 10.1. The van der Waals surface area contributed by atoms with Crippen LogP contribution in [0, 0.1) is 23.6 Å². The first-order valence-corrected chi connectivity index (χ1v) is 11.2. The summed E-state index contributed by atoms with van der Waals surface area (Å²) in [7, 11) is 0. The Hall–Kier alpha value is -3.95. The Kier molecular flexibility index (Phi) is 6.11. The normalized spacial score (nSPS) is 12.6. The van der Waals surface area contributed by atoms with Crippen molar-refractivity contribution in [1.82, 2.24) is 9.97 Å². The lowest BCUT2D eigenvalue weighted by Gasteiger charge is -2.12. The molecule has 1 heterocycles. The van der Waals surface area contributed by atoms with Crippen molar-refractivity contribution >= 4 is 39.8 Å². The van der Waals surface area contributed by atoms with Crippen LogP contribution in [0.4, 0.5) is 15.9 Å². The monoisotopic (exact) mass is 471 g/mol. The molecule has 0 unspecified atom stereocenters. The van der Waals surface area contributed by atoms with E-state index in [0.29, 0.717) is 50.2 Å². The van der Waals surface area contributed by atoms with Crippen molar-refractivity contribution in [2.24, 2.45) is 5.92 Å². The van der Waals surface area contributed by atoms with Crippen LogP contribution in [0.2, 0.25) is 5.02 Å². The maximum absolute atomic E-state index is 13.4. The molecule has 0 radical (unpaired) electrons. The molecule has 1 aliphatic rings. The van der Waals surface area contributed by atoms with Gasteiger partial charge in [-0.3, -0.25) is 4.79 Å². The molecule has 0 saturated heterocycles. The molecular formula is C27H19ClFN3O2. The largest absolute Gasteiger partial charge is 0.487 e. The summed E-state index contributed by atoms with van der Waals surface area (Å²) in [6.07, 6.45) is 3.59. The number of rotatable bonds is 6. The van der Waals surface area contributed by atoms with E-state index in [2.05, 4.69) is 27.1 Å². The van der Waals surface area contributed by atoms with Crippen LogP contribution in [0.1, 0.15) is 28.8 Å². The quantitative estimate of drug-likeness (QED) is 0.202. The Bertz CT molecular complexity index is 1460. The van der Waals surface area contributed by atoms with Gasteiger partial charge in [0.15, 0.2) is 0 Å². The molecule has 168 valence electrons. The van der Waals surface area contributed by atoms with Crippen LogP contribution in [0.15, 0.2) is 67.0 Å². The number of benzene rings is 3. The molecule has 0 amide bonds. The van der Waals surface area contributed by atoms with Crippen LogP contribution in [0.25, 0.3) is 10.9 Å². The first-order valence-electron chi connectivity index (χ1n) is 10.8. The summed E-state index contributed by atoms with van der Waals surface area (Å²) in [6, 6.07) is 16.7. The molecule has 1 saturated carbocycles. The van der Waals surface area contributed by atoms with Crippen molar-refractivity contribution in [1.29, 1.82) is 0 Å². The molecule has 1 N–H and O–H groups in total. The number of anilines is 2. The van der Waals surface area contributed by atoms with Crippen LogP contribution in [0.3, 0.4) is 0 Å². The summed E-state index contributed by atoms with van der Waals surface area (Å²) in [5, 5.41) is 4.33. The average molecular weight is 472 g/mol. The van der Waals surface area contributed by atoms with Crippen LogP contribution in [0.5, 0.6) is 5.75 Å². The number of carbonyl (C=O) groups excluding carboxylic acids is 1. The Labute approximate surface area is 201 Å². The van der Waals surface area contributed by atoms with E-state index < -0.39 is 0 Å². The molecule has 5 rings (SSSR count). The minimum Gasteiger partial charge on any atom is -0.487 e. The fourth-order valence-electron chi connectivity index (χ4n) is 3.39. The van der Waals surface area contributed by atoms with Crippen molar-refractivity contribution in [3.05, 3.63) is 89.0 Å².